The smallest absolute Gasteiger partial charge is 0.340 e. The predicted molar refractivity (Wildman–Crippen MR) is 97.2 cm³/mol. The van der Waals surface area contributed by atoms with Crippen molar-refractivity contribution in [1.82, 2.24) is 4.57 Å². The highest BCUT2D eigenvalue weighted by atomic mass is 16.5. The lowest BCUT2D eigenvalue weighted by Crippen LogP contribution is -2.25. The fourth-order valence-corrected chi connectivity index (χ4v) is 2.73. The number of esters is 1. The van der Waals surface area contributed by atoms with Gasteiger partial charge in [-0.3, -0.25) is 4.79 Å². The van der Waals surface area contributed by atoms with E-state index in [0.717, 1.165) is 17.0 Å². The van der Waals surface area contributed by atoms with Crippen molar-refractivity contribution >= 4 is 17.5 Å². The Hall–Kier alpha value is -3.20. The third kappa shape index (κ3) is 4.25. The second-order valence-electron chi connectivity index (χ2n) is 6.14. The molecule has 6 nitrogen and oxygen atoms in total. The minimum absolute atomic E-state index is 0.0606. The lowest BCUT2D eigenvalue weighted by atomic mass is 10.0. The highest BCUT2D eigenvalue weighted by Gasteiger charge is 2.23. The molecule has 0 aliphatic rings. The zero-order valence-corrected chi connectivity index (χ0v) is 15.1. The number of Topliss-reactive ketones (excluding diaryl/α,β-unsaturated/α-hetero) is 1. The highest BCUT2D eigenvalue weighted by molar-refractivity contribution is 6.06. The summed E-state index contributed by atoms with van der Waals surface area (Å²) in [5.41, 5.74) is 3.11. The van der Waals surface area contributed by atoms with Crippen LogP contribution in [0.15, 0.2) is 36.4 Å². The van der Waals surface area contributed by atoms with Crippen molar-refractivity contribution in [2.24, 2.45) is 5.92 Å². The molecule has 0 amide bonds. The maximum atomic E-state index is 12.3. The third-order valence-corrected chi connectivity index (χ3v) is 4.21. The minimum atomic E-state index is -1.17. The number of carbonyl (C=O) groups excluding carboxylic acids is 2. The Morgan fingerprint density at radius 2 is 1.92 bits per heavy atom. The summed E-state index contributed by atoms with van der Waals surface area (Å²) in [5, 5.41) is 16.3. The zero-order valence-electron chi connectivity index (χ0n) is 15.1. The van der Waals surface area contributed by atoms with Gasteiger partial charge in [-0.15, -0.1) is 0 Å². The first-order valence-electron chi connectivity index (χ1n) is 8.20. The molecule has 6 heteroatoms. The van der Waals surface area contributed by atoms with Crippen LogP contribution in [-0.2, 0) is 16.1 Å². The molecule has 0 spiro atoms. The Kier molecular flexibility index (Phi) is 6.07. The standard InChI is InChI=1S/C20H21N3O3/c1-13-9-17(15(3)23(13)11-16-7-5-4-6-8-16)20(25)26-12-19(24)18(10-21)14(2)22/h4-9,18,22H,11-12H2,1-3H3/t18-/m1/s1. The lowest BCUT2D eigenvalue weighted by molar-refractivity contribution is -0.122. The van der Waals surface area contributed by atoms with Gasteiger partial charge in [-0.05, 0) is 32.4 Å². The Bertz CT molecular complexity index is 876. The summed E-state index contributed by atoms with van der Waals surface area (Å²) < 4.78 is 7.08. The molecule has 2 aromatic rings. The van der Waals surface area contributed by atoms with Gasteiger partial charge in [-0.1, -0.05) is 30.3 Å². The molecule has 0 bridgehead atoms. The van der Waals surface area contributed by atoms with E-state index in [1.165, 1.54) is 6.92 Å². The molecule has 0 saturated heterocycles. The molecular formula is C20H21N3O3. The number of nitrogens with one attached hydrogen (secondary N) is 1. The molecule has 0 aliphatic heterocycles. The van der Waals surface area contributed by atoms with Gasteiger partial charge >= 0.3 is 5.97 Å². The van der Waals surface area contributed by atoms with E-state index in [9.17, 15) is 9.59 Å². The molecule has 134 valence electrons. The molecule has 0 radical (unpaired) electrons. The van der Waals surface area contributed by atoms with E-state index in [2.05, 4.69) is 0 Å². The van der Waals surface area contributed by atoms with Crippen LogP contribution in [0.25, 0.3) is 0 Å². The van der Waals surface area contributed by atoms with Crippen LogP contribution >= 0.6 is 0 Å². The molecule has 26 heavy (non-hydrogen) atoms. The van der Waals surface area contributed by atoms with Gasteiger partial charge < -0.3 is 14.7 Å². The number of nitrogens with zero attached hydrogens (tertiary/aromatic N) is 2. The summed E-state index contributed by atoms with van der Waals surface area (Å²) in [6, 6.07) is 13.4. The number of aromatic nitrogens is 1. The van der Waals surface area contributed by atoms with Gasteiger partial charge in [0.05, 0.1) is 11.6 Å². The normalized spacial score (nSPS) is 11.5. The SMILES string of the molecule is CC(=N)[C@@H](C#N)C(=O)COC(=O)c1cc(C)n(Cc2ccccc2)c1C. The molecule has 2 rings (SSSR count). The summed E-state index contributed by atoms with van der Waals surface area (Å²) in [4.78, 5) is 24.2. The molecule has 0 unspecified atom stereocenters. The van der Waals surface area contributed by atoms with Crippen molar-refractivity contribution in [2.75, 3.05) is 6.61 Å². The Morgan fingerprint density at radius 3 is 2.50 bits per heavy atom. The van der Waals surface area contributed by atoms with Crippen LogP contribution in [0.4, 0.5) is 0 Å². The Morgan fingerprint density at radius 1 is 1.27 bits per heavy atom. The van der Waals surface area contributed by atoms with Crippen molar-refractivity contribution in [3.63, 3.8) is 0 Å². The zero-order chi connectivity index (χ0) is 19.3. The number of rotatable bonds is 7. The Labute approximate surface area is 152 Å². The number of hydrogen-bond donors (Lipinski definition) is 1. The van der Waals surface area contributed by atoms with Gasteiger partial charge in [-0.25, -0.2) is 4.79 Å². The number of benzene rings is 1. The van der Waals surface area contributed by atoms with Crippen LogP contribution < -0.4 is 0 Å². The van der Waals surface area contributed by atoms with Crippen molar-refractivity contribution in [1.29, 1.82) is 10.7 Å². The average molecular weight is 351 g/mol. The van der Waals surface area contributed by atoms with Crippen LogP contribution in [0.2, 0.25) is 0 Å². The van der Waals surface area contributed by atoms with E-state index in [4.69, 9.17) is 15.4 Å². The predicted octanol–water partition coefficient (Wildman–Crippen LogP) is 3.06. The molecule has 0 saturated carbocycles. The van der Waals surface area contributed by atoms with E-state index >= 15 is 0 Å². The Balaban J connectivity index is 2.11. The van der Waals surface area contributed by atoms with Crippen molar-refractivity contribution < 1.29 is 14.3 Å². The topological polar surface area (TPSA) is 95.9 Å². The second kappa shape index (κ2) is 8.26. The molecular weight excluding hydrogens is 330 g/mol. The molecule has 1 heterocycles. The summed E-state index contributed by atoms with van der Waals surface area (Å²) in [6.07, 6.45) is 0. The summed E-state index contributed by atoms with van der Waals surface area (Å²) in [7, 11) is 0. The van der Waals surface area contributed by atoms with Crippen molar-refractivity contribution in [3.05, 3.63) is 58.9 Å². The number of ketones is 1. The average Bonchev–Trinajstić information content (AvgIpc) is 2.89. The van der Waals surface area contributed by atoms with Crippen LogP contribution in [0, 0.1) is 36.5 Å². The summed E-state index contributed by atoms with van der Waals surface area (Å²) in [5.74, 6) is -2.37. The molecule has 0 fully saturated rings. The van der Waals surface area contributed by atoms with Gasteiger partial charge in [0.1, 0.15) is 5.92 Å². The minimum Gasteiger partial charge on any atom is -0.454 e. The number of nitriles is 1. The maximum Gasteiger partial charge on any atom is 0.340 e. The van der Waals surface area contributed by atoms with Crippen LogP contribution in [0.5, 0.6) is 0 Å². The summed E-state index contributed by atoms with van der Waals surface area (Å²) in [6.45, 7) is 5.23. The van der Waals surface area contributed by atoms with Crippen LogP contribution in [-0.4, -0.2) is 28.6 Å². The number of ether oxygens (including phenoxy) is 1. The molecule has 0 aliphatic carbocycles. The largest absolute Gasteiger partial charge is 0.454 e. The number of aryl methyl sites for hydroxylation is 1. The fraction of sp³-hybridized carbons (Fsp3) is 0.300. The summed E-state index contributed by atoms with van der Waals surface area (Å²) >= 11 is 0. The van der Waals surface area contributed by atoms with Gasteiger partial charge in [0, 0.05) is 23.6 Å². The second-order valence-corrected chi connectivity index (χ2v) is 6.14. The van der Waals surface area contributed by atoms with E-state index in [1.54, 1.807) is 12.1 Å². The highest BCUT2D eigenvalue weighted by Crippen LogP contribution is 2.18. The van der Waals surface area contributed by atoms with E-state index in [-0.39, 0.29) is 5.71 Å². The molecule has 1 aromatic carbocycles. The van der Waals surface area contributed by atoms with Gasteiger partial charge in [0.2, 0.25) is 0 Å². The molecule has 1 aromatic heterocycles. The van der Waals surface area contributed by atoms with Gasteiger partial charge in [0.15, 0.2) is 12.4 Å². The van der Waals surface area contributed by atoms with Gasteiger partial charge in [-0.2, -0.15) is 5.26 Å². The third-order valence-electron chi connectivity index (χ3n) is 4.21. The van der Waals surface area contributed by atoms with E-state index in [0.29, 0.717) is 12.1 Å². The van der Waals surface area contributed by atoms with Crippen molar-refractivity contribution in [2.45, 2.75) is 27.3 Å². The number of hydrogen-bond acceptors (Lipinski definition) is 5. The van der Waals surface area contributed by atoms with E-state index < -0.39 is 24.3 Å². The van der Waals surface area contributed by atoms with Crippen LogP contribution in [0.1, 0.15) is 34.2 Å². The maximum absolute atomic E-state index is 12.3. The molecule has 1 atom stereocenters. The first-order valence-corrected chi connectivity index (χ1v) is 8.20. The van der Waals surface area contributed by atoms with Crippen molar-refractivity contribution in [3.8, 4) is 6.07 Å². The molecule has 1 N–H and O–H groups in total. The quantitative estimate of drug-likeness (QED) is 0.612. The first kappa shape index (κ1) is 19.1. The number of carbonyl (C=O) groups is 2. The monoisotopic (exact) mass is 351 g/mol. The fourth-order valence-electron chi connectivity index (χ4n) is 2.73. The van der Waals surface area contributed by atoms with Gasteiger partial charge in [0.25, 0.3) is 0 Å². The first-order chi connectivity index (χ1) is 12.3. The lowest BCUT2D eigenvalue weighted by Gasteiger charge is -2.10. The van der Waals surface area contributed by atoms with E-state index in [1.807, 2.05) is 48.7 Å². The van der Waals surface area contributed by atoms with Crippen LogP contribution in [0.3, 0.4) is 0 Å².